The van der Waals surface area contributed by atoms with Gasteiger partial charge in [0, 0.05) is 21.9 Å². The van der Waals surface area contributed by atoms with Gasteiger partial charge >= 0.3 is 0 Å². The number of phenolic OH excluding ortho intramolecular Hbond substituents is 1. The van der Waals surface area contributed by atoms with Gasteiger partial charge in [-0.15, -0.1) is 0 Å². The van der Waals surface area contributed by atoms with Gasteiger partial charge in [-0.25, -0.2) is 0 Å². The zero-order valence-corrected chi connectivity index (χ0v) is 33.4. The first-order valence-electron chi connectivity index (χ1n) is 17.6. The SMILES string of the molecule is Cc1cc(CCCCp2oc3c(C(C)(C)C)cc(C(C)(C)C)cc3c3cc(C(C)(C)C)cc(C(C)(C)C)c3o2)cc(C(C)(C)C)c1O. The maximum atomic E-state index is 10.7. The molecule has 0 fully saturated rings. The number of aromatic hydroxyl groups is 1. The molecule has 3 nitrogen and oxygen atoms in total. The molecule has 4 heteroatoms. The van der Waals surface area contributed by atoms with Crippen molar-refractivity contribution in [3.63, 3.8) is 0 Å². The van der Waals surface area contributed by atoms with Gasteiger partial charge < -0.3 is 13.5 Å². The minimum atomic E-state index is -1.23. The molecular formula is C43H63O3P. The molecule has 0 aliphatic carbocycles. The van der Waals surface area contributed by atoms with Crippen molar-refractivity contribution >= 4 is 30.0 Å². The van der Waals surface area contributed by atoms with E-state index in [2.05, 4.69) is 140 Å². The lowest BCUT2D eigenvalue weighted by Gasteiger charge is -2.27. The number of hydrogen-bond donors (Lipinski definition) is 1. The first-order valence-corrected chi connectivity index (χ1v) is 19.0. The predicted octanol–water partition coefficient (Wildman–Crippen LogP) is 13.8. The molecule has 0 saturated carbocycles. The van der Waals surface area contributed by atoms with Crippen LogP contribution in [0.1, 0.15) is 156 Å². The molecule has 0 spiro atoms. The second-order valence-electron chi connectivity index (χ2n) is 19.1. The van der Waals surface area contributed by atoms with E-state index in [1.54, 1.807) is 0 Å². The Hall–Kier alpha value is -2.64. The fraction of sp³-hybridized carbons (Fsp3) is 0.581. The molecule has 0 bridgehead atoms. The Morgan fingerprint density at radius 1 is 0.532 bits per heavy atom. The third kappa shape index (κ3) is 8.33. The zero-order chi connectivity index (χ0) is 35.5. The van der Waals surface area contributed by atoms with Crippen LogP contribution in [0.5, 0.6) is 5.75 Å². The Bertz CT molecular complexity index is 1710. The quantitative estimate of drug-likeness (QED) is 0.217. The summed E-state index contributed by atoms with van der Waals surface area (Å²) in [6.45, 7) is 36.1. The summed E-state index contributed by atoms with van der Waals surface area (Å²) in [5, 5.41) is 13.1. The highest BCUT2D eigenvalue weighted by molar-refractivity contribution is 7.36. The second kappa shape index (κ2) is 12.7. The van der Waals surface area contributed by atoms with Crippen molar-refractivity contribution in [1.82, 2.24) is 0 Å². The van der Waals surface area contributed by atoms with Crippen LogP contribution in [0, 0.1) is 6.92 Å². The Morgan fingerprint density at radius 2 is 0.957 bits per heavy atom. The summed E-state index contributed by atoms with van der Waals surface area (Å²) in [5.41, 5.74) is 10.0. The fourth-order valence-corrected chi connectivity index (χ4v) is 7.79. The summed E-state index contributed by atoms with van der Waals surface area (Å²) < 4.78 is 14.2. The van der Waals surface area contributed by atoms with Crippen molar-refractivity contribution in [2.75, 3.05) is 0 Å². The molecule has 47 heavy (non-hydrogen) atoms. The highest BCUT2D eigenvalue weighted by Crippen LogP contribution is 2.46. The molecule has 258 valence electrons. The Kier molecular flexibility index (Phi) is 10.0. The number of rotatable bonds is 5. The monoisotopic (exact) mass is 658 g/mol. The van der Waals surface area contributed by atoms with E-state index in [-0.39, 0.29) is 27.1 Å². The van der Waals surface area contributed by atoms with Crippen molar-refractivity contribution in [3.05, 3.63) is 75.3 Å². The van der Waals surface area contributed by atoms with Crippen LogP contribution in [0.25, 0.3) is 21.9 Å². The molecule has 3 aromatic carbocycles. The van der Waals surface area contributed by atoms with Crippen LogP contribution in [0.4, 0.5) is 0 Å². The summed E-state index contributed by atoms with van der Waals surface area (Å²) in [6.07, 6.45) is 3.85. The highest BCUT2D eigenvalue weighted by atomic mass is 31.1. The van der Waals surface area contributed by atoms with Crippen LogP contribution in [0.15, 0.2) is 44.8 Å². The summed E-state index contributed by atoms with van der Waals surface area (Å²) in [5.74, 6) is 0.427. The molecule has 0 saturated heterocycles. The van der Waals surface area contributed by atoms with Gasteiger partial charge in [0.05, 0.1) is 6.16 Å². The topological polar surface area (TPSA) is 46.5 Å². The molecular weight excluding hydrogens is 595 g/mol. The van der Waals surface area contributed by atoms with Crippen LogP contribution >= 0.6 is 8.01 Å². The molecule has 4 rings (SSSR count). The molecule has 4 aromatic rings. The Morgan fingerprint density at radius 3 is 1.34 bits per heavy atom. The van der Waals surface area contributed by atoms with E-state index in [1.165, 1.54) is 27.8 Å². The average molecular weight is 659 g/mol. The third-order valence-electron chi connectivity index (χ3n) is 9.43. The summed E-state index contributed by atoms with van der Waals surface area (Å²) in [4.78, 5) is 0. The smallest absolute Gasteiger partial charge is 0.216 e. The van der Waals surface area contributed by atoms with E-state index in [4.69, 9.17) is 8.39 Å². The van der Waals surface area contributed by atoms with Crippen LogP contribution < -0.4 is 0 Å². The first-order chi connectivity index (χ1) is 21.3. The lowest BCUT2D eigenvalue weighted by molar-refractivity contribution is 0.442. The lowest BCUT2D eigenvalue weighted by Crippen LogP contribution is -2.17. The van der Waals surface area contributed by atoms with Crippen LogP contribution in [-0.4, -0.2) is 5.11 Å². The fourth-order valence-electron chi connectivity index (χ4n) is 6.29. The van der Waals surface area contributed by atoms with Gasteiger partial charge in [-0.1, -0.05) is 128 Å². The van der Waals surface area contributed by atoms with Gasteiger partial charge in [-0.3, -0.25) is 0 Å². The number of aryl methyl sites for hydroxylation is 3. The Labute approximate surface area is 287 Å². The van der Waals surface area contributed by atoms with E-state index in [9.17, 15) is 5.11 Å². The van der Waals surface area contributed by atoms with Crippen LogP contribution in [-0.2, 0) is 39.7 Å². The molecule has 0 amide bonds. The van der Waals surface area contributed by atoms with E-state index in [0.717, 1.165) is 58.5 Å². The number of hydrogen-bond acceptors (Lipinski definition) is 3. The van der Waals surface area contributed by atoms with Crippen molar-refractivity contribution in [2.24, 2.45) is 0 Å². The second-order valence-corrected chi connectivity index (χ2v) is 20.5. The lowest BCUT2D eigenvalue weighted by atomic mass is 9.77. The molecule has 0 radical (unpaired) electrons. The molecule has 0 aliphatic rings. The highest BCUT2D eigenvalue weighted by Gasteiger charge is 2.28. The summed E-state index contributed by atoms with van der Waals surface area (Å²) in [7, 11) is -1.23. The van der Waals surface area contributed by atoms with Gasteiger partial charge in [-0.2, -0.15) is 0 Å². The average Bonchev–Trinajstić information content (AvgIpc) is 3.05. The predicted molar refractivity (Wildman–Crippen MR) is 206 cm³/mol. The summed E-state index contributed by atoms with van der Waals surface area (Å²) in [6, 6.07) is 13.9. The molecule has 0 atom stereocenters. The van der Waals surface area contributed by atoms with Gasteiger partial charge in [0.25, 0.3) is 0 Å². The number of phenols is 1. The first kappa shape index (κ1) is 37.2. The van der Waals surface area contributed by atoms with Gasteiger partial charge in [0.15, 0.2) is 0 Å². The standard InChI is InChI=1S/C43H63O3P/c1-27-21-28(22-33(36(27)44)41(8,9)10)19-17-18-20-47-45-37-31(23-29(39(2,3)4)25-34(37)42(11,12)13)32-24-30(40(5,6)7)26-35(38(32)46-47)43(14,15)16/h21-26,44H,17-20H2,1-16H3. The van der Waals surface area contributed by atoms with Crippen molar-refractivity contribution in [1.29, 1.82) is 0 Å². The Balaban J connectivity index is 1.94. The third-order valence-corrected chi connectivity index (χ3v) is 10.9. The number of fused-ring (bicyclic) bond motifs is 3. The minimum Gasteiger partial charge on any atom is -0.507 e. The van der Waals surface area contributed by atoms with Crippen molar-refractivity contribution < 1.29 is 13.5 Å². The van der Waals surface area contributed by atoms with E-state index in [0.29, 0.717) is 5.75 Å². The number of unbranched alkanes of at least 4 members (excludes halogenated alkanes) is 1. The maximum absolute atomic E-state index is 10.7. The molecule has 1 aromatic heterocycles. The van der Waals surface area contributed by atoms with Crippen LogP contribution in [0.3, 0.4) is 0 Å². The molecule has 0 aliphatic heterocycles. The zero-order valence-electron chi connectivity index (χ0n) is 32.5. The summed E-state index contributed by atoms with van der Waals surface area (Å²) >= 11 is 0. The van der Waals surface area contributed by atoms with E-state index < -0.39 is 8.01 Å². The van der Waals surface area contributed by atoms with Crippen LogP contribution in [0.2, 0.25) is 0 Å². The van der Waals surface area contributed by atoms with Gasteiger partial charge in [0.2, 0.25) is 8.01 Å². The van der Waals surface area contributed by atoms with Crippen molar-refractivity contribution in [2.45, 2.75) is 163 Å². The van der Waals surface area contributed by atoms with E-state index in [1.807, 2.05) is 6.92 Å². The molecule has 1 N–H and O–H groups in total. The van der Waals surface area contributed by atoms with Crippen molar-refractivity contribution in [3.8, 4) is 5.75 Å². The van der Waals surface area contributed by atoms with Gasteiger partial charge in [-0.05, 0) is 93.2 Å². The van der Waals surface area contributed by atoms with E-state index >= 15 is 0 Å². The van der Waals surface area contributed by atoms with Gasteiger partial charge in [0.1, 0.15) is 16.9 Å². The molecule has 1 heterocycles. The largest absolute Gasteiger partial charge is 0.507 e. The maximum Gasteiger partial charge on any atom is 0.216 e. The normalized spacial score (nSPS) is 13.5. The number of benzene rings is 3. The minimum absolute atomic E-state index is 0.0129. The molecule has 0 unspecified atom stereocenters.